The first-order chi connectivity index (χ1) is 18.9. The summed E-state index contributed by atoms with van der Waals surface area (Å²) in [5.74, 6) is -0.515. The van der Waals surface area contributed by atoms with E-state index in [4.69, 9.17) is 0 Å². The highest BCUT2D eigenvalue weighted by Gasteiger charge is 2.24. The second-order valence-electron chi connectivity index (χ2n) is 10.1. The summed E-state index contributed by atoms with van der Waals surface area (Å²) >= 11 is 0. The Morgan fingerprint density at radius 2 is 1.59 bits per heavy atom. The van der Waals surface area contributed by atoms with Crippen LogP contribution in [0.1, 0.15) is 39.1 Å². The quantitative estimate of drug-likeness (QED) is 0.399. The number of carbonyl (C=O) groups is 3. The fraction of sp³-hybridized carbons (Fsp3) is 0.300. The van der Waals surface area contributed by atoms with Gasteiger partial charge in [-0.3, -0.25) is 14.5 Å². The average Bonchev–Trinajstić information content (AvgIpc) is 3.78. The van der Waals surface area contributed by atoms with Gasteiger partial charge >= 0.3 is 6.03 Å². The van der Waals surface area contributed by atoms with Crippen LogP contribution in [0.3, 0.4) is 0 Å². The first-order valence-corrected chi connectivity index (χ1v) is 13.3. The molecule has 39 heavy (non-hydrogen) atoms. The lowest BCUT2D eigenvalue weighted by molar-refractivity contribution is 0.0627. The van der Waals surface area contributed by atoms with E-state index in [9.17, 15) is 18.8 Å². The molecule has 0 atom stereocenters. The molecule has 1 aliphatic carbocycles. The molecule has 2 fully saturated rings. The van der Waals surface area contributed by atoms with E-state index in [0.717, 1.165) is 24.1 Å². The average molecular weight is 530 g/mol. The molecular formula is C30H32FN5O3. The molecule has 4 amide bonds. The number of hydrogen-bond acceptors (Lipinski definition) is 4. The van der Waals surface area contributed by atoms with Crippen molar-refractivity contribution in [3.63, 3.8) is 0 Å². The van der Waals surface area contributed by atoms with E-state index in [2.05, 4.69) is 20.9 Å². The Morgan fingerprint density at radius 1 is 0.821 bits per heavy atom. The van der Waals surface area contributed by atoms with E-state index in [1.54, 1.807) is 17.0 Å². The highest BCUT2D eigenvalue weighted by molar-refractivity contribution is 6.04. The van der Waals surface area contributed by atoms with Crippen molar-refractivity contribution in [2.45, 2.75) is 19.4 Å². The van der Waals surface area contributed by atoms with Gasteiger partial charge in [-0.05, 0) is 66.8 Å². The number of amides is 4. The molecule has 0 spiro atoms. The lowest BCUT2D eigenvalue weighted by Gasteiger charge is -2.35. The fourth-order valence-electron chi connectivity index (χ4n) is 4.56. The molecule has 9 heteroatoms. The van der Waals surface area contributed by atoms with E-state index < -0.39 is 11.8 Å². The molecule has 1 saturated carbocycles. The Morgan fingerprint density at radius 3 is 2.31 bits per heavy atom. The van der Waals surface area contributed by atoms with Gasteiger partial charge in [-0.1, -0.05) is 30.3 Å². The van der Waals surface area contributed by atoms with Crippen LogP contribution in [0.5, 0.6) is 0 Å². The number of anilines is 2. The molecule has 2 aliphatic rings. The molecule has 0 radical (unpaired) electrons. The Balaban J connectivity index is 1.11. The van der Waals surface area contributed by atoms with E-state index in [0.29, 0.717) is 50.7 Å². The van der Waals surface area contributed by atoms with Crippen LogP contribution in [-0.2, 0) is 6.54 Å². The zero-order valence-electron chi connectivity index (χ0n) is 21.7. The summed E-state index contributed by atoms with van der Waals surface area (Å²) in [6, 6.07) is 20.6. The molecule has 202 valence electrons. The van der Waals surface area contributed by atoms with Crippen molar-refractivity contribution in [1.82, 2.24) is 15.1 Å². The number of urea groups is 1. The standard InChI is InChI=1S/C30H32FN5O3/c31-26-18-24(11-12-27(26)34-30(39)32-19-21-9-10-21)29(38)36-15-13-35(14-16-36)20-22-5-4-6-23(17-22)28(37)33-25-7-2-1-3-8-25/h1-8,11-12,17-18,21H,9-10,13-16,19-20H2,(H,33,37)(H2,32,34,39). The van der Waals surface area contributed by atoms with E-state index in [1.165, 1.54) is 12.1 Å². The van der Waals surface area contributed by atoms with Crippen LogP contribution in [0.25, 0.3) is 0 Å². The lowest BCUT2D eigenvalue weighted by atomic mass is 10.1. The highest BCUT2D eigenvalue weighted by Crippen LogP contribution is 2.27. The Hall–Kier alpha value is -4.24. The van der Waals surface area contributed by atoms with Crippen molar-refractivity contribution < 1.29 is 18.8 Å². The third-order valence-corrected chi connectivity index (χ3v) is 7.00. The number of nitrogens with one attached hydrogen (secondary N) is 3. The molecule has 1 saturated heterocycles. The maximum absolute atomic E-state index is 14.6. The van der Waals surface area contributed by atoms with Gasteiger partial charge < -0.3 is 20.9 Å². The highest BCUT2D eigenvalue weighted by atomic mass is 19.1. The molecule has 3 aromatic rings. The Labute approximate surface area is 227 Å². The molecule has 0 unspecified atom stereocenters. The topological polar surface area (TPSA) is 93.8 Å². The zero-order chi connectivity index (χ0) is 27.2. The summed E-state index contributed by atoms with van der Waals surface area (Å²) in [7, 11) is 0. The Bertz CT molecular complexity index is 1340. The minimum Gasteiger partial charge on any atom is -0.338 e. The third-order valence-electron chi connectivity index (χ3n) is 7.00. The molecule has 3 aromatic carbocycles. The van der Waals surface area contributed by atoms with Crippen molar-refractivity contribution in [1.29, 1.82) is 0 Å². The van der Waals surface area contributed by atoms with Crippen molar-refractivity contribution in [2.24, 2.45) is 5.92 Å². The predicted molar refractivity (Wildman–Crippen MR) is 148 cm³/mol. The summed E-state index contributed by atoms with van der Waals surface area (Å²) in [6.45, 7) is 3.60. The molecule has 5 rings (SSSR count). The van der Waals surface area contributed by atoms with Gasteiger partial charge in [0.15, 0.2) is 0 Å². The molecule has 1 aliphatic heterocycles. The van der Waals surface area contributed by atoms with Crippen LogP contribution < -0.4 is 16.0 Å². The largest absolute Gasteiger partial charge is 0.338 e. The number of hydrogen-bond donors (Lipinski definition) is 3. The van der Waals surface area contributed by atoms with Crippen LogP contribution in [0.15, 0.2) is 72.8 Å². The second kappa shape index (κ2) is 12.1. The first-order valence-electron chi connectivity index (χ1n) is 13.3. The SMILES string of the molecule is O=C(NCC1CC1)Nc1ccc(C(=O)N2CCN(Cc3cccc(C(=O)Nc4ccccc4)c3)CC2)cc1F. The van der Waals surface area contributed by atoms with Gasteiger partial charge in [0.05, 0.1) is 5.69 Å². The van der Waals surface area contributed by atoms with Gasteiger partial charge in [0.2, 0.25) is 0 Å². The Kier molecular flexibility index (Phi) is 8.17. The number of halogens is 1. The summed E-state index contributed by atoms with van der Waals surface area (Å²) in [5, 5.41) is 8.15. The minimum atomic E-state index is -0.641. The molecule has 3 N–H and O–H groups in total. The molecule has 1 heterocycles. The fourth-order valence-corrected chi connectivity index (χ4v) is 4.56. The summed E-state index contributed by atoms with van der Waals surface area (Å²) in [5.41, 5.74) is 2.65. The molecule has 8 nitrogen and oxygen atoms in total. The molecular weight excluding hydrogens is 497 g/mol. The smallest absolute Gasteiger partial charge is 0.319 e. The van der Waals surface area contributed by atoms with Gasteiger partial charge in [-0.25, -0.2) is 9.18 Å². The van der Waals surface area contributed by atoms with Crippen LogP contribution in [-0.4, -0.2) is 60.4 Å². The van der Waals surface area contributed by atoms with Gasteiger partial charge in [-0.2, -0.15) is 0 Å². The van der Waals surface area contributed by atoms with Crippen LogP contribution >= 0.6 is 0 Å². The number of benzene rings is 3. The minimum absolute atomic E-state index is 0.0457. The zero-order valence-corrected chi connectivity index (χ0v) is 21.7. The van der Waals surface area contributed by atoms with Crippen LogP contribution in [0.4, 0.5) is 20.6 Å². The normalized spacial score (nSPS) is 15.5. The number of rotatable bonds is 8. The number of piperazine rings is 1. The summed E-state index contributed by atoms with van der Waals surface area (Å²) < 4.78 is 14.6. The second-order valence-corrected chi connectivity index (χ2v) is 10.1. The first kappa shape index (κ1) is 26.4. The molecule has 0 bridgehead atoms. The lowest BCUT2D eigenvalue weighted by Crippen LogP contribution is -2.48. The predicted octanol–water partition coefficient (Wildman–Crippen LogP) is 4.57. The monoisotopic (exact) mass is 529 g/mol. The van der Waals surface area contributed by atoms with E-state index in [-0.39, 0.29) is 23.1 Å². The van der Waals surface area contributed by atoms with E-state index >= 15 is 0 Å². The number of carbonyl (C=O) groups excluding carboxylic acids is 3. The van der Waals surface area contributed by atoms with Gasteiger partial charge in [0.25, 0.3) is 11.8 Å². The van der Waals surface area contributed by atoms with Crippen molar-refractivity contribution in [3.8, 4) is 0 Å². The van der Waals surface area contributed by atoms with Crippen molar-refractivity contribution in [2.75, 3.05) is 43.4 Å². The summed E-state index contributed by atoms with van der Waals surface area (Å²) in [6.07, 6.45) is 2.22. The number of nitrogens with zero attached hydrogens (tertiary/aromatic N) is 2. The third kappa shape index (κ3) is 7.20. The van der Waals surface area contributed by atoms with Crippen LogP contribution in [0, 0.1) is 11.7 Å². The maximum Gasteiger partial charge on any atom is 0.319 e. The maximum atomic E-state index is 14.6. The van der Waals surface area contributed by atoms with Gasteiger partial charge in [0.1, 0.15) is 5.82 Å². The van der Waals surface area contributed by atoms with Gasteiger partial charge in [-0.15, -0.1) is 0 Å². The van der Waals surface area contributed by atoms with Gasteiger partial charge in [0, 0.05) is 56.1 Å². The molecule has 0 aromatic heterocycles. The summed E-state index contributed by atoms with van der Waals surface area (Å²) in [4.78, 5) is 41.5. The number of para-hydroxylation sites is 1. The van der Waals surface area contributed by atoms with E-state index in [1.807, 2.05) is 48.5 Å². The van der Waals surface area contributed by atoms with Crippen LogP contribution in [0.2, 0.25) is 0 Å². The van der Waals surface area contributed by atoms with Crippen molar-refractivity contribution >= 4 is 29.2 Å². The van der Waals surface area contributed by atoms with Crippen molar-refractivity contribution in [3.05, 3.63) is 95.3 Å².